The van der Waals surface area contributed by atoms with Crippen molar-refractivity contribution in [3.63, 3.8) is 0 Å². The average Bonchev–Trinajstić information content (AvgIpc) is 3.32. The minimum absolute atomic E-state index is 0.162. The van der Waals surface area contributed by atoms with Gasteiger partial charge in [-0.2, -0.15) is 0 Å². The van der Waals surface area contributed by atoms with Crippen molar-refractivity contribution in [3.8, 4) is 0 Å². The third-order valence-electron chi connectivity index (χ3n) is 5.24. The minimum atomic E-state index is -0.237. The summed E-state index contributed by atoms with van der Waals surface area (Å²) in [5, 5.41) is 6.76. The van der Waals surface area contributed by atoms with Gasteiger partial charge in [0.05, 0.1) is 0 Å². The first kappa shape index (κ1) is 17.4. The van der Waals surface area contributed by atoms with Gasteiger partial charge in [-0.1, -0.05) is 11.3 Å². The van der Waals surface area contributed by atoms with Crippen molar-refractivity contribution >= 4 is 39.1 Å². The van der Waals surface area contributed by atoms with E-state index in [4.69, 9.17) is 0 Å². The molecule has 2 aliphatic heterocycles. The molecule has 0 spiro atoms. The Labute approximate surface area is 165 Å². The van der Waals surface area contributed by atoms with Gasteiger partial charge in [-0.15, -0.1) is 0 Å². The quantitative estimate of drug-likeness (QED) is 0.705. The number of fused-ring (bicyclic) bond motifs is 2. The lowest BCUT2D eigenvalue weighted by Crippen LogP contribution is -2.42. The van der Waals surface area contributed by atoms with Gasteiger partial charge in [0.25, 0.3) is 5.91 Å². The summed E-state index contributed by atoms with van der Waals surface area (Å²) in [5.41, 5.74) is 2.49. The van der Waals surface area contributed by atoms with E-state index >= 15 is 0 Å². The van der Waals surface area contributed by atoms with Gasteiger partial charge in [0.2, 0.25) is 0 Å². The van der Waals surface area contributed by atoms with Crippen LogP contribution in [0.15, 0.2) is 24.5 Å². The fraction of sp³-hybridized carbons (Fsp3) is 0.368. The second-order valence-electron chi connectivity index (χ2n) is 7.04. The number of benzene rings is 1. The number of hydrogen-bond acceptors (Lipinski definition) is 7. The van der Waals surface area contributed by atoms with E-state index in [1.165, 1.54) is 23.7 Å². The zero-order chi connectivity index (χ0) is 19.1. The number of thiazole rings is 1. The van der Waals surface area contributed by atoms with Crippen LogP contribution in [0.3, 0.4) is 0 Å². The van der Waals surface area contributed by atoms with Crippen molar-refractivity contribution in [1.82, 2.24) is 25.6 Å². The molecule has 1 aromatic carbocycles. The van der Waals surface area contributed by atoms with E-state index in [0.717, 1.165) is 43.6 Å². The summed E-state index contributed by atoms with van der Waals surface area (Å²) in [6.45, 7) is 2.52. The van der Waals surface area contributed by atoms with Crippen molar-refractivity contribution in [3.05, 3.63) is 40.9 Å². The lowest BCUT2D eigenvalue weighted by Gasteiger charge is -2.23. The standard InChI is InChI=1S/C19H19FN6OS/c20-12-1-2-14-11(9-12)5-8-26(14)16-15-18(23-10-22-16)28-19(25-15)17(27)24-13-3-6-21-7-4-13/h1-2,9-10,13,21H,3-8H2,(H,24,27). The summed E-state index contributed by atoms with van der Waals surface area (Å²) in [7, 11) is 0. The van der Waals surface area contributed by atoms with Crippen molar-refractivity contribution < 1.29 is 9.18 Å². The van der Waals surface area contributed by atoms with Crippen LogP contribution in [0.2, 0.25) is 0 Å². The van der Waals surface area contributed by atoms with E-state index in [9.17, 15) is 9.18 Å². The normalized spacial score (nSPS) is 17.1. The predicted molar refractivity (Wildman–Crippen MR) is 106 cm³/mol. The molecule has 3 aromatic rings. The maximum atomic E-state index is 13.5. The van der Waals surface area contributed by atoms with Gasteiger partial charge in [0, 0.05) is 18.3 Å². The van der Waals surface area contributed by atoms with Gasteiger partial charge in [-0.05, 0) is 56.1 Å². The molecule has 2 aromatic heterocycles. The Hall–Kier alpha value is -2.65. The number of nitrogens with zero attached hydrogens (tertiary/aromatic N) is 4. The third kappa shape index (κ3) is 3.10. The van der Waals surface area contributed by atoms with E-state index in [0.29, 0.717) is 27.7 Å². The van der Waals surface area contributed by atoms with Crippen molar-refractivity contribution in [2.45, 2.75) is 25.3 Å². The van der Waals surface area contributed by atoms with Crippen LogP contribution in [0.5, 0.6) is 0 Å². The highest BCUT2D eigenvalue weighted by Crippen LogP contribution is 2.37. The summed E-state index contributed by atoms with van der Waals surface area (Å²) in [6.07, 6.45) is 4.07. The number of anilines is 2. The highest BCUT2D eigenvalue weighted by atomic mass is 32.1. The molecule has 0 saturated carbocycles. The fourth-order valence-electron chi connectivity index (χ4n) is 3.84. The van der Waals surface area contributed by atoms with Crippen LogP contribution in [0.4, 0.5) is 15.9 Å². The van der Waals surface area contributed by atoms with Crippen LogP contribution in [-0.2, 0) is 6.42 Å². The zero-order valence-corrected chi connectivity index (χ0v) is 15.9. The highest BCUT2D eigenvalue weighted by Gasteiger charge is 2.26. The maximum Gasteiger partial charge on any atom is 0.280 e. The minimum Gasteiger partial charge on any atom is -0.347 e. The van der Waals surface area contributed by atoms with E-state index < -0.39 is 0 Å². The molecule has 0 aliphatic carbocycles. The zero-order valence-electron chi connectivity index (χ0n) is 15.1. The second kappa shape index (κ2) is 7.06. The lowest BCUT2D eigenvalue weighted by atomic mass is 10.1. The van der Waals surface area contributed by atoms with E-state index in [1.54, 1.807) is 12.1 Å². The number of rotatable bonds is 3. The topological polar surface area (TPSA) is 83.0 Å². The Morgan fingerprint density at radius 2 is 2.14 bits per heavy atom. The van der Waals surface area contributed by atoms with Crippen LogP contribution >= 0.6 is 11.3 Å². The molecule has 1 saturated heterocycles. The van der Waals surface area contributed by atoms with Gasteiger partial charge < -0.3 is 15.5 Å². The molecule has 0 bridgehead atoms. The molecular formula is C19H19FN6OS. The Bertz CT molecular complexity index is 1050. The van der Waals surface area contributed by atoms with Crippen molar-refractivity contribution in [2.24, 2.45) is 0 Å². The Morgan fingerprint density at radius 1 is 1.29 bits per heavy atom. The summed E-state index contributed by atoms with van der Waals surface area (Å²) in [4.78, 5) is 28.7. The fourth-order valence-corrected chi connectivity index (χ4v) is 4.65. The molecule has 5 rings (SSSR count). The summed E-state index contributed by atoms with van der Waals surface area (Å²) in [6, 6.07) is 4.95. The first-order chi connectivity index (χ1) is 13.7. The smallest absolute Gasteiger partial charge is 0.280 e. The molecule has 4 heterocycles. The Balaban J connectivity index is 1.46. The summed E-state index contributed by atoms with van der Waals surface area (Å²) in [5.74, 6) is 0.260. The first-order valence-corrected chi connectivity index (χ1v) is 10.2. The number of nitrogens with one attached hydrogen (secondary N) is 2. The number of amides is 1. The van der Waals surface area contributed by atoms with Crippen molar-refractivity contribution in [2.75, 3.05) is 24.5 Å². The Kier molecular flexibility index (Phi) is 4.40. The van der Waals surface area contributed by atoms with Crippen LogP contribution < -0.4 is 15.5 Å². The molecular weight excluding hydrogens is 379 g/mol. The van der Waals surface area contributed by atoms with E-state index in [-0.39, 0.29) is 17.8 Å². The second-order valence-corrected chi connectivity index (χ2v) is 8.02. The number of halogens is 1. The summed E-state index contributed by atoms with van der Waals surface area (Å²) < 4.78 is 13.5. The Morgan fingerprint density at radius 3 is 3.00 bits per heavy atom. The number of carbonyl (C=O) groups excluding carboxylic acids is 1. The molecule has 144 valence electrons. The summed E-state index contributed by atoms with van der Waals surface area (Å²) >= 11 is 1.27. The van der Waals surface area contributed by atoms with Gasteiger partial charge in [-0.3, -0.25) is 4.79 Å². The molecule has 2 N–H and O–H groups in total. The van der Waals surface area contributed by atoms with Gasteiger partial charge in [0.15, 0.2) is 10.8 Å². The van der Waals surface area contributed by atoms with Crippen molar-refractivity contribution in [1.29, 1.82) is 0 Å². The predicted octanol–water partition coefficient (Wildman–Crippen LogP) is 2.40. The largest absolute Gasteiger partial charge is 0.347 e. The van der Waals surface area contributed by atoms with Crippen LogP contribution in [0, 0.1) is 5.82 Å². The van der Waals surface area contributed by atoms with E-state index in [1.807, 2.05) is 4.90 Å². The monoisotopic (exact) mass is 398 g/mol. The van der Waals surface area contributed by atoms with Crippen LogP contribution in [-0.4, -0.2) is 46.5 Å². The SMILES string of the molecule is O=C(NC1CCNCC1)c1nc2c(N3CCc4cc(F)ccc43)ncnc2s1. The molecule has 1 amide bonds. The maximum absolute atomic E-state index is 13.5. The van der Waals surface area contributed by atoms with Gasteiger partial charge >= 0.3 is 0 Å². The number of piperidine rings is 1. The first-order valence-electron chi connectivity index (χ1n) is 9.38. The van der Waals surface area contributed by atoms with E-state index in [2.05, 4.69) is 25.6 Å². The van der Waals surface area contributed by atoms with Gasteiger partial charge in [0.1, 0.15) is 22.5 Å². The van der Waals surface area contributed by atoms with Crippen LogP contribution in [0.25, 0.3) is 10.3 Å². The molecule has 0 unspecified atom stereocenters. The number of hydrogen-bond donors (Lipinski definition) is 2. The molecule has 1 fully saturated rings. The average molecular weight is 398 g/mol. The highest BCUT2D eigenvalue weighted by molar-refractivity contribution is 7.19. The molecule has 0 atom stereocenters. The van der Waals surface area contributed by atoms with Gasteiger partial charge in [-0.25, -0.2) is 19.3 Å². The molecule has 7 nitrogen and oxygen atoms in total. The molecule has 9 heteroatoms. The molecule has 2 aliphatic rings. The third-order valence-corrected chi connectivity index (χ3v) is 6.20. The number of aromatic nitrogens is 3. The van der Waals surface area contributed by atoms with Crippen LogP contribution in [0.1, 0.15) is 28.2 Å². The lowest BCUT2D eigenvalue weighted by molar-refractivity contribution is 0.0929. The molecule has 28 heavy (non-hydrogen) atoms. The number of carbonyl (C=O) groups is 1. The molecule has 0 radical (unpaired) electrons.